The summed E-state index contributed by atoms with van der Waals surface area (Å²) in [6.45, 7) is 0. The van der Waals surface area contributed by atoms with Gasteiger partial charge >= 0.3 is 0 Å². The molecule has 3 N–H and O–H groups in total. The molecule has 0 aromatic heterocycles. The molecular formula is C18H20FNO. The highest BCUT2D eigenvalue weighted by Crippen LogP contribution is 2.38. The van der Waals surface area contributed by atoms with Gasteiger partial charge in [-0.2, -0.15) is 0 Å². The SMILES string of the molecule is Nc1ccc(F)cc1C(O)CC1CCCc2ccccc21. The lowest BCUT2D eigenvalue weighted by molar-refractivity contribution is 0.154. The number of aryl methyl sites for hydroxylation is 1. The Labute approximate surface area is 124 Å². The first-order valence-electron chi connectivity index (χ1n) is 7.46. The second-order valence-electron chi connectivity index (χ2n) is 5.81. The van der Waals surface area contributed by atoms with Crippen LogP contribution in [0.15, 0.2) is 42.5 Å². The Balaban J connectivity index is 1.82. The lowest BCUT2D eigenvalue weighted by atomic mass is 9.79. The molecule has 0 amide bonds. The second-order valence-corrected chi connectivity index (χ2v) is 5.81. The van der Waals surface area contributed by atoms with Gasteiger partial charge in [-0.1, -0.05) is 24.3 Å². The van der Waals surface area contributed by atoms with Crippen molar-refractivity contribution in [3.8, 4) is 0 Å². The molecule has 1 aliphatic carbocycles. The highest BCUT2D eigenvalue weighted by molar-refractivity contribution is 5.48. The van der Waals surface area contributed by atoms with Crippen molar-refractivity contribution in [1.82, 2.24) is 0 Å². The number of benzene rings is 2. The van der Waals surface area contributed by atoms with Gasteiger partial charge in [0.1, 0.15) is 5.82 Å². The van der Waals surface area contributed by atoms with Gasteiger partial charge in [0.2, 0.25) is 0 Å². The van der Waals surface area contributed by atoms with Crippen LogP contribution in [0.1, 0.15) is 48.0 Å². The van der Waals surface area contributed by atoms with E-state index in [4.69, 9.17) is 5.73 Å². The Hall–Kier alpha value is -1.87. The standard InChI is InChI=1S/C18H20FNO/c19-14-8-9-17(20)16(11-14)18(21)10-13-6-3-5-12-4-1-2-7-15(12)13/h1-2,4,7-9,11,13,18,21H,3,5-6,10,20H2. The van der Waals surface area contributed by atoms with Gasteiger partial charge in [-0.05, 0) is 60.9 Å². The molecule has 21 heavy (non-hydrogen) atoms. The maximum absolute atomic E-state index is 13.4. The van der Waals surface area contributed by atoms with Gasteiger partial charge in [0.25, 0.3) is 0 Å². The van der Waals surface area contributed by atoms with E-state index in [9.17, 15) is 9.50 Å². The first kappa shape index (κ1) is 14.1. The molecule has 2 nitrogen and oxygen atoms in total. The molecule has 0 saturated heterocycles. The maximum atomic E-state index is 13.4. The fourth-order valence-corrected chi connectivity index (χ4v) is 3.33. The van der Waals surface area contributed by atoms with E-state index in [1.54, 1.807) is 0 Å². The molecule has 2 atom stereocenters. The zero-order chi connectivity index (χ0) is 14.8. The fraction of sp³-hybridized carbons (Fsp3) is 0.333. The van der Waals surface area contributed by atoms with Crippen molar-refractivity contribution < 1.29 is 9.50 Å². The van der Waals surface area contributed by atoms with E-state index in [2.05, 4.69) is 18.2 Å². The van der Waals surface area contributed by atoms with Crippen LogP contribution in [-0.4, -0.2) is 5.11 Å². The van der Waals surface area contributed by atoms with Crippen molar-refractivity contribution in [3.05, 3.63) is 65.0 Å². The topological polar surface area (TPSA) is 46.2 Å². The third-order valence-electron chi connectivity index (χ3n) is 4.41. The molecule has 2 aromatic rings. The van der Waals surface area contributed by atoms with Crippen LogP contribution in [-0.2, 0) is 6.42 Å². The molecule has 0 bridgehead atoms. The van der Waals surface area contributed by atoms with Gasteiger partial charge in [0, 0.05) is 11.3 Å². The van der Waals surface area contributed by atoms with Crippen molar-refractivity contribution in [1.29, 1.82) is 0 Å². The molecule has 3 heteroatoms. The van der Waals surface area contributed by atoms with E-state index in [0.29, 0.717) is 23.6 Å². The van der Waals surface area contributed by atoms with Crippen LogP contribution in [0.3, 0.4) is 0 Å². The summed E-state index contributed by atoms with van der Waals surface area (Å²) in [4.78, 5) is 0. The van der Waals surface area contributed by atoms with Crippen LogP contribution in [0.4, 0.5) is 10.1 Å². The largest absolute Gasteiger partial charge is 0.398 e. The molecular weight excluding hydrogens is 265 g/mol. The van der Waals surface area contributed by atoms with E-state index < -0.39 is 6.10 Å². The number of hydrogen-bond donors (Lipinski definition) is 2. The van der Waals surface area contributed by atoms with Crippen LogP contribution < -0.4 is 5.73 Å². The summed E-state index contributed by atoms with van der Waals surface area (Å²) in [5.41, 5.74) is 9.50. The molecule has 1 aliphatic rings. The minimum Gasteiger partial charge on any atom is -0.398 e. The monoisotopic (exact) mass is 285 g/mol. The van der Waals surface area contributed by atoms with E-state index in [1.165, 1.54) is 29.3 Å². The predicted octanol–water partition coefficient (Wildman–Crippen LogP) is 3.95. The molecule has 0 heterocycles. The van der Waals surface area contributed by atoms with E-state index in [0.717, 1.165) is 19.3 Å². The first-order valence-corrected chi connectivity index (χ1v) is 7.46. The number of aliphatic hydroxyl groups is 1. The van der Waals surface area contributed by atoms with E-state index in [1.807, 2.05) is 6.07 Å². The molecule has 2 unspecified atom stereocenters. The Kier molecular flexibility index (Phi) is 3.93. The number of fused-ring (bicyclic) bond motifs is 1. The van der Waals surface area contributed by atoms with Gasteiger partial charge in [0.15, 0.2) is 0 Å². The van der Waals surface area contributed by atoms with Gasteiger partial charge in [-0.25, -0.2) is 4.39 Å². The molecule has 0 spiro atoms. The summed E-state index contributed by atoms with van der Waals surface area (Å²) in [6.07, 6.45) is 3.16. The molecule has 0 saturated carbocycles. The summed E-state index contributed by atoms with van der Waals surface area (Å²) >= 11 is 0. The number of aliphatic hydroxyl groups excluding tert-OH is 1. The van der Waals surface area contributed by atoms with Crippen molar-refractivity contribution >= 4 is 5.69 Å². The van der Waals surface area contributed by atoms with Crippen molar-refractivity contribution in [2.45, 2.75) is 37.7 Å². The van der Waals surface area contributed by atoms with Crippen LogP contribution in [0, 0.1) is 5.82 Å². The quantitative estimate of drug-likeness (QED) is 0.839. The average Bonchev–Trinajstić information content (AvgIpc) is 2.50. The number of rotatable bonds is 3. The molecule has 110 valence electrons. The highest BCUT2D eigenvalue weighted by atomic mass is 19.1. The number of nitrogen functional groups attached to an aromatic ring is 1. The normalized spacial score (nSPS) is 19.0. The van der Waals surface area contributed by atoms with Crippen molar-refractivity contribution in [3.63, 3.8) is 0 Å². The van der Waals surface area contributed by atoms with Gasteiger partial charge in [-0.3, -0.25) is 0 Å². The first-order chi connectivity index (χ1) is 10.1. The third kappa shape index (κ3) is 2.93. The number of hydrogen-bond acceptors (Lipinski definition) is 2. The zero-order valence-corrected chi connectivity index (χ0v) is 11.9. The van der Waals surface area contributed by atoms with E-state index >= 15 is 0 Å². The summed E-state index contributed by atoms with van der Waals surface area (Å²) in [6, 6.07) is 12.6. The number of nitrogens with two attached hydrogens (primary N) is 1. The molecule has 2 aromatic carbocycles. The third-order valence-corrected chi connectivity index (χ3v) is 4.41. The van der Waals surface area contributed by atoms with Crippen LogP contribution in [0.5, 0.6) is 0 Å². The van der Waals surface area contributed by atoms with Crippen LogP contribution in [0.2, 0.25) is 0 Å². The average molecular weight is 285 g/mol. The highest BCUT2D eigenvalue weighted by Gasteiger charge is 2.24. The Morgan fingerprint density at radius 2 is 2.05 bits per heavy atom. The smallest absolute Gasteiger partial charge is 0.123 e. The van der Waals surface area contributed by atoms with Crippen LogP contribution >= 0.6 is 0 Å². The van der Waals surface area contributed by atoms with Gasteiger partial charge in [0.05, 0.1) is 6.10 Å². The Morgan fingerprint density at radius 1 is 1.24 bits per heavy atom. The Morgan fingerprint density at radius 3 is 2.90 bits per heavy atom. The second kappa shape index (κ2) is 5.86. The molecule has 0 radical (unpaired) electrons. The predicted molar refractivity (Wildman–Crippen MR) is 82.5 cm³/mol. The van der Waals surface area contributed by atoms with Crippen LogP contribution in [0.25, 0.3) is 0 Å². The van der Waals surface area contributed by atoms with Gasteiger partial charge < -0.3 is 10.8 Å². The minimum atomic E-state index is -0.725. The lowest BCUT2D eigenvalue weighted by Crippen LogP contribution is -2.14. The molecule has 0 fully saturated rings. The van der Waals surface area contributed by atoms with E-state index in [-0.39, 0.29) is 5.82 Å². The maximum Gasteiger partial charge on any atom is 0.123 e. The zero-order valence-electron chi connectivity index (χ0n) is 11.9. The molecule has 0 aliphatic heterocycles. The van der Waals surface area contributed by atoms with Crippen molar-refractivity contribution in [2.24, 2.45) is 0 Å². The number of anilines is 1. The fourth-order valence-electron chi connectivity index (χ4n) is 3.33. The Bertz CT molecular complexity index is 641. The molecule has 3 rings (SSSR count). The van der Waals surface area contributed by atoms with Gasteiger partial charge in [-0.15, -0.1) is 0 Å². The number of halogens is 1. The lowest BCUT2D eigenvalue weighted by Gasteiger charge is -2.27. The summed E-state index contributed by atoms with van der Waals surface area (Å²) in [7, 11) is 0. The summed E-state index contributed by atoms with van der Waals surface area (Å²) in [5, 5.41) is 10.5. The summed E-state index contributed by atoms with van der Waals surface area (Å²) in [5.74, 6) is -0.0464. The van der Waals surface area contributed by atoms with Crippen molar-refractivity contribution in [2.75, 3.05) is 5.73 Å². The summed E-state index contributed by atoms with van der Waals surface area (Å²) < 4.78 is 13.4. The minimum absolute atomic E-state index is 0.313.